The Hall–Kier alpha value is -1.26. The van der Waals surface area contributed by atoms with Crippen molar-refractivity contribution in [2.24, 2.45) is 0 Å². The van der Waals surface area contributed by atoms with E-state index in [-0.39, 0.29) is 35.2 Å². The van der Waals surface area contributed by atoms with E-state index in [9.17, 15) is 4.39 Å². The molecule has 3 saturated heterocycles. The van der Waals surface area contributed by atoms with Crippen molar-refractivity contribution in [1.82, 2.24) is 9.55 Å². The van der Waals surface area contributed by atoms with Gasteiger partial charge in [-0.2, -0.15) is 0 Å². The molecular weight excluding hydrogens is 435 g/mol. The van der Waals surface area contributed by atoms with Crippen LogP contribution in [-0.2, 0) is 18.9 Å². The third-order valence-electron chi connectivity index (χ3n) is 5.68. The van der Waals surface area contributed by atoms with Crippen LogP contribution in [0.15, 0.2) is 16.7 Å². The van der Waals surface area contributed by atoms with Gasteiger partial charge in [-0.25, -0.2) is 9.37 Å². The van der Waals surface area contributed by atoms with E-state index in [1.54, 1.807) is 7.11 Å². The van der Waals surface area contributed by atoms with Crippen LogP contribution < -0.4 is 4.74 Å². The van der Waals surface area contributed by atoms with E-state index in [4.69, 9.17) is 23.7 Å². The summed E-state index contributed by atoms with van der Waals surface area (Å²) < 4.78 is 45.8. The molecule has 0 N–H and O–H groups in total. The minimum Gasteiger partial charge on any atom is -0.470 e. The molecule has 7 nitrogen and oxygen atoms in total. The van der Waals surface area contributed by atoms with Crippen LogP contribution in [0, 0.1) is 5.82 Å². The van der Waals surface area contributed by atoms with Gasteiger partial charge in [0.2, 0.25) is 0 Å². The molecule has 2 aromatic rings. The molecule has 9 heteroatoms. The van der Waals surface area contributed by atoms with Crippen molar-refractivity contribution in [2.75, 3.05) is 26.9 Å². The van der Waals surface area contributed by atoms with E-state index in [1.165, 1.54) is 6.07 Å². The highest BCUT2D eigenvalue weighted by Gasteiger charge is 2.49. The van der Waals surface area contributed by atoms with Crippen LogP contribution >= 0.6 is 15.9 Å². The van der Waals surface area contributed by atoms with Crippen molar-refractivity contribution < 1.29 is 28.1 Å². The van der Waals surface area contributed by atoms with Crippen molar-refractivity contribution in [3.05, 3.63) is 22.6 Å². The van der Waals surface area contributed by atoms with E-state index in [1.807, 2.05) is 10.6 Å². The molecule has 0 aromatic carbocycles. The first-order valence-corrected chi connectivity index (χ1v) is 10.4. The van der Waals surface area contributed by atoms with Gasteiger partial charge in [-0.3, -0.25) is 4.57 Å². The van der Waals surface area contributed by atoms with Crippen molar-refractivity contribution in [2.45, 2.75) is 49.9 Å². The Morgan fingerprint density at radius 3 is 2.68 bits per heavy atom. The summed E-state index contributed by atoms with van der Waals surface area (Å²) in [7, 11) is 1.66. The zero-order valence-corrected chi connectivity index (χ0v) is 17.1. The highest BCUT2D eigenvalue weighted by atomic mass is 79.9. The zero-order valence-electron chi connectivity index (χ0n) is 15.5. The highest BCUT2D eigenvalue weighted by molar-refractivity contribution is 9.10. The zero-order chi connectivity index (χ0) is 19.3. The molecule has 5 atom stereocenters. The van der Waals surface area contributed by atoms with E-state index in [0.29, 0.717) is 36.7 Å². The molecule has 3 fully saturated rings. The number of pyridine rings is 1. The maximum absolute atomic E-state index is 14.2. The number of fused-ring (bicyclic) bond motifs is 2. The van der Waals surface area contributed by atoms with Crippen LogP contribution in [0.25, 0.3) is 11.0 Å². The summed E-state index contributed by atoms with van der Waals surface area (Å²) >= 11 is 3.16. The minimum absolute atomic E-state index is 0.0853. The Bertz CT molecular complexity index is 872. The largest absolute Gasteiger partial charge is 0.470 e. The Balaban J connectivity index is 1.50. The highest BCUT2D eigenvalue weighted by Crippen LogP contribution is 2.37. The number of ether oxygens (including phenoxy) is 5. The fraction of sp³-hybridized carbons (Fsp3) is 0.632. The average Bonchev–Trinajstić information content (AvgIpc) is 3.37. The maximum Gasteiger partial charge on any atom is 0.198 e. The summed E-state index contributed by atoms with van der Waals surface area (Å²) in [5, 5.41) is 0. The maximum atomic E-state index is 14.2. The third kappa shape index (κ3) is 3.13. The van der Waals surface area contributed by atoms with Crippen LogP contribution in [0.4, 0.5) is 4.39 Å². The first-order chi connectivity index (χ1) is 13.7. The fourth-order valence-corrected chi connectivity index (χ4v) is 4.58. The van der Waals surface area contributed by atoms with Gasteiger partial charge in [0.1, 0.15) is 29.1 Å². The summed E-state index contributed by atoms with van der Waals surface area (Å²) in [5.74, 6) is 0.172. The van der Waals surface area contributed by atoms with Gasteiger partial charge in [0.25, 0.3) is 0 Å². The predicted octanol–water partition coefficient (Wildman–Crippen LogP) is 3.20. The standard InChI is InChI=1S/C19H22BrFN2O5/c1-24-13-8-26-18-14(9-27-17(13)18)28-16-7-11-12(6-10(21)19(20)22-11)23(16)15-4-2-3-5-25-15/h6-7,13-15,17-18H,2-5,8-9H2,1H3/t13-,14-,15?,17-,18-/m1/s1. The lowest BCUT2D eigenvalue weighted by Crippen LogP contribution is -2.35. The summed E-state index contributed by atoms with van der Waals surface area (Å²) in [6.45, 7) is 1.57. The molecule has 152 valence electrons. The molecule has 1 unspecified atom stereocenters. The molecule has 0 saturated carbocycles. The Morgan fingerprint density at radius 1 is 1.14 bits per heavy atom. The third-order valence-corrected chi connectivity index (χ3v) is 6.24. The van der Waals surface area contributed by atoms with Crippen LogP contribution in [-0.4, -0.2) is 60.9 Å². The number of nitrogens with zero attached hydrogens (tertiary/aromatic N) is 2. The number of hydrogen-bond donors (Lipinski definition) is 0. The SMILES string of the molecule is CO[C@@H]1CO[C@H]2[C@@H]1OC[C@H]2Oc1cc2nc(Br)c(F)cc2n1C1CCCCO1. The molecule has 3 aliphatic heterocycles. The molecule has 0 spiro atoms. The van der Waals surface area contributed by atoms with Gasteiger partial charge < -0.3 is 23.7 Å². The number of halogens is 2. The lowest BCUT2D eigenvalue weighted by atomic mass is 10.1. The molecule has 2 aromatic heterocycles. The Labute approximate surface area is 170 Å². The first-order valence-electron chi connectivity index (χ1n) is 9.57. The van der Waals surface area contributed by atoms with E-state index < -0.39 is 5.82 Å². The number of rotatable bonds is 4. The Kier molecular flexibility index (Phi) is 5.04. The van der Waals surface area contributed by atoms with Crippen molar-refractivity contribution in [1.29, 1.82) is 0 Å². The monoisotopic (exact) mass is 456 g/mol. The first kappa shape index (κ1) is 18.7. The lowest BCUT2D eigenvalue weighted by molar-refractivity contribution is -0.0400. The van der Waals surface area contributed by atoms with Crippen LogP contribution in [0.3, 0.4) is 0 Å². The van der Waals surface area contributed by atoms with Crippen LogP contribution in [0.5, 0.6) is 5.88 Å². The van der Waals surface area contributed by atoms with E-state index in [0.717, 1.165) is 19.3 Å². The van der Waals surface area contributed by atoms with E-state index >= 15 is 0 Å². The predicted molar refractivity (Wildman–Crippen MR) is 101 cm³/mol. The fourth-order valence-electron chi connectivity index (χ4n) is 4.28. The van der Waals surface area contributed by atoms with Crippen molar-refractivity contribution >= 4 is 27.0 Å². The second kappa shape index (κ2) is 7.53. The average molecular weight is 457 g/mol. The summed E-state index contributed by atoms with van der Waals surface area (Å²) in [5.41, 5.74) is 1.30. The van der Waals surface area contributed by atoms with Gasteiger partial charge >= 0.3 is 0 Å². The van der Waals surface area contributed by atoms with Gasteiger partial charge in [0, 0.05) is 25.8 Å². The second-order valence-corrected chi connectivity index (χ2v) is 8.12. The number of aromatic nitrogens is 2. The van der Waals surface area contributed by atoms with Crippen LogP contribution in [0.1, 0.15) is 25.5 Å². The van der Waals surface area contributed by atoms with Gasteiger partial charge in [0.15, 0.2) is 17.8 Å². The van der Waals surface area contributed by atoms with Gasteiger partial charge in [0.05, 0.1) is 24.2 Å². The molecule has 0 aliphatic carbocycles. The Morgan fingerprint density at radius 2 is 1.93 bits per heavy atom. The molecular formula is C19H22BrFN2O5. The molecule has 5 heterocycles. The van der Waals surface area contributed by atoms with Gasteiger partial charge in [-0.1, -0.05) is 0 Å². The summed E-state index contributed by atoms with van der Waals surface area (Å²) in [6, 6.07) is 3.30. The van der Waals surface area contributed by atoms with E-state index in [2.05, 4.69) is 20.9 Å². The molecule has 28 heavy (non-hydrogen) atoms. The lowest BCUT2D eigenvalue weighted by Gasteiger charge is -2.27. The minimum atomic E-state index is -0.416. The van der Waals surface area contributed by atoms with Crippen LogP contribution in [0.2, 0.25) is 0 Å². The molecule has 0 amide bonds. The topological polar surface area (TPSA) is 64.0 Å². The number of methoxy groups -OCH3 is 1. The normalized spacial score (nSPS) is 32.8. The molecule has 0 radical (unpaired) electrons. The quantitative estimate of drug-likeness (QED) is 0.658. The van der Waals surface area contributed by atoms with Crippen molar-refractivity contribution in [3.63, 3.8) is 0 Å². The smallest absolute Gasteiger partial charge is 0.198 e. The number of hydrogen-bond acceptors (Lipinski definition) is 6. The van der Waals surface area contributed by atoms with Crippen molar-refractivity contribution in [3.8, 4) is 5.88 Å². The second-order valence-electron chi connectivity index (χ2n) is 7.37. The molecule has 0 bridgehead atoms. The van der Waals surface area contributed by atoms with Gasteiger partial charge in [-0.05, 0) is 35.2 Å². The summed E-state index contributed by atoms with van der Waals surface area (Å²) in [4.78, 5) is 4.32. The van der Waals surface area contributed by atoms with Gasteiger partial charge in [-0.15, -0.1) is 0 Å². The molecule has 3 aliphatic rings. The molecule has 5 rings (SSSR count). The summed E-state index contributed by atoms with van der Waals surface area (Å²) in [6.07, 6.45) is 2.01.